The quantitative estimate of drug-likeness (QED) is 0.853. The van der Waals surface area contributed by atoms with Crippen LogP contribution in [0.25, 0.3) is 0 Å². The van der Waals surface area contributed by atoms with E-state index in [0.717, 1.165) is 29.6 Å². The lowest BCUT2D eigenvalue weighted by Crippen LogP contribution is -2.36. The highest BCUT2D eigenvalue weighted by atomic mass is 35.5. The number of hydrogen-bond acceptors (Lipinski definition) is 3. The lowest BCUT2D eigenvalue weighted by Gasteiger charge is -2.30. The second-order valence-electron chi connectivity index (χ2n) is 6.14. The van der Waals surface area contributed by atoms with Crippen LogP contribution in [0.2, 0.25) is 5.02 Å². The van der Waals surface area contributed by atoms with Crippen molar-refractivity contribution in [1.29, 1.82) is 0 Å². The third-order valence-electron chi connectivity index (χ3n) is 3.97. The summed E-state index contributed by atoms with van der Waals surface area (Å²) in [6.45, 7) is 6.53. The highest BCUT2D eigenvalue weighted by Crippen LogP contribution is 2.27. The van der Waals surface area contributed by atoms with Crippen LogP contribution in [-0.4, -0.2) is 29.5 Å². The zero-order valence-electron chi connectivity index (χ0n) is 12.8. The molecular formula is C16H26ClN3. The fraction of sp³-hybridized carbons (Fsp3) is 0.688. The van der Waals surface area contributed by atoms with E-state index in [1.165, 1.54) is 25.7 Å². The normalized spacial score (nSPS) is 16.3. The minimum absolute atomic E-state index is 0.668. The maximum Gasteiger partial charge on any atom is 0.126 e. The van der Waals surface area contributed by atoms with Crippen molar-refractivity contribution in [3.05, 3.63) is 22.8 Å². The first-order valence-corrected chi connectivity index (χ1v) is 8.05. The Labute approximate surface area is 127 Å². The summed E-state index contributed by atoms with van der Waals surface area (Å²) in [6, 6.07) is 4.57. The van der Waals surface area contributed by atoms with Crippen molar-refractivity contribution in [3.8, 4) is 0 Å². The molecule has 1 N–H and O–H groups in total. The number of pyridine rings is 1. The highest BCUT2D eigenvalue weighted by Gasteiger charge is 2.24. The van der Waals surface area contributed by atoms with E-state index in [0.29, 0.717) is 12.0 Å². The monoisotopic (exact) mass is 295 g/mol. The van der Waals surface area contributed by atoms with Gasteiger partial charge in [-0.15, -0.1) is 0 Å². The molecule has 0 aromatic carbocycles. The van der Waals surface area contributed by atoms with Crippen LogP contribution in [0.5, 0.6) is 0 Å². The average Bonchev–Trinajstić information content (AvgIpc) is 2.94. The Morgan fingerprint density at radius 3 is 2.65 bits per heavy atom. The molecule has 2 rings (SSSR count). The van der Waals surface area contributed by atoms with Crippen molar-refractivity contribution in [2.24, 2.45) is 5.92 Å². The number of anilines is 1. The van der Waals surface area contributed by atoms with Gasteiger partial charge in [-0.05, 0) is 30.9 Å². The summed E-state index contributed by atoms with van der Waals surface area (Å²) >= 11 is 6.32. The molecule has 1 aliphatic rings. The Hall–Kier alpha value is -0.800. The maximum absolute atomic E-state index is 6.32. The molecule has 1 aromatic rings. The van der Waals surface area contributed by atoms with Crippen LogP contribution < -0.4 is 5.32 Å². The molecular weight excluding hydrogens is 270 g/mol. The topological polar surface area (TPSA) is 28.2 Å². The molecule has 1 heterocycles. The van der Waals surface area contributed by atoms with Gasteiger partial charge >= 0.3 is 0 Å². The second kappa shape index (κ2) is 7.28. The summed E-state index contributed by atoms with van der Waals surface area (Å²) in [7, 11) is 1.89. The Morgan fingerprint density at radius 1 is 1.35 bits per heavy atom. The Morgan fingerprint density at radius 2 is 2.05 bits per heavy atom. The minimum atomic E-state index is 0.668. The Balaban J connectivity index is 2.13. The molecule has 0 bridgehead atoms. The fourth-order valence-corrected chi connectivity index (χ4v) is 3.17. The van der Waals surface area contributed by atoms with Crippen LogP contribution >= 0.6 is 11.6 Å². The van der Waals surface area contributed by atoms with E-state index in [2.05, 4.69) is 29.0 Å². The molecule has 0 unspecified atom stereocenters. The van der Waals surface area contributed by atoms with E-state index in [1.807, 2.05) is 19.2 Å². The van der Waals surface area contributed by atoms with Gasteiger partial charge in [0.25, 0.3) is 0 Å². The first-order chi connectivity index (χ1) is 9.60. The first kappa shape index (κ1) is 15.6. The predicted octanol–water partition coefficient (Wildman–Crippen LogP) is 4.18. The summed E-state index contributed by atoms with van der Waals surface area (Å²) in [4.78, 5) is 7.20. The van der Waals surface area contributed by atoms with Crippen LogP contribution in [0.15, 0.2) is 12.1 Å². The van der Waals surface area contributed by atoms with Gasteiger partial charge in [-0.3, -0.25) is 4.90 Å². The summed E-state index contributed by atoms with van der Waals surface area (Å²) in [5, 5.41) is 3.86. The van der Waals surface area contributed by atoms with Crippen molar-refractivity contribution < 1.29 is 0 Å². The molecule has 0 saturated heterocycles. The van der Waals surface area contributed by atoms with Crippen molar-refractivity contribution >= 4 is 17.4 Å². The van der Waals surface area contributed by atoms with Crippen LogP contribution in [0, 0.1) is 5.92 Å². The first-order valence-electron chi connectivity index (χ1n) is 7.67. The van der Waals surface area contributed by atoms with E-state index in [-0.39, 0.29) is 0 Å². The zero-order chi connectivity index (χ0) is 14.5. The Kier molecular flexibility index (Phi) is 5.67. The third kappa shape index (κ3) is 4.10. The van der Waals surface area contributed by atoms with E-state index in [1.54, 1.807) is 0 Å². The lowest BCUT2D eigenvalue weighted by molar-refractivity contribution is 0.167. The molecule has 1 aliphatic carbocycles. The van der Waals surface area contributed by atoms with Gasteiger partial charge in [-0.25, -0.2) is 4.98 Å². The van der Waals surface area contributed by atoms with Crippen molar-refractivity contribution in [2.45, 2.75) is 52.1 Å². The van der Waals surface area contributed by atoms with Crippen LogP contribution in [0.4, 0.5) is 5.82 Å². The van der Waals surface area contributed by atoms with Crippen molar-refractivity contribution in [3.63, 3.8) is 0 Å². The maximum atomic E-state index is 6.32. The summed E-state index contributed by atoms with van der Waals surface area (Å²) < 4.78 is 0. The fourth-order valence-electron chi connectivity index (χ4n) is 3.01. The third-order valence-corrected chi connectivity index (χ3v) is 4.31. The molecule has 0 atom stereocenters. The number of aromatic nitrogens is 1. The molecule has 1 saturated carbocycles. The van der Waals surface area contributed by atoms with E-state index < -0.39 is 0 Å². The average molecular weight is 296 g/mol. The molecule has 3 nitrogen and oxygen atoms in total. The van der Waals surface area contributed by atoms with E-state index in [4.69, 9.17) is 11.6 Å². The summed E-state index contributed by atoms with van der Waals surface area (Å²) in [5.41, 5.74) is 0.992. The van der Waals surface area contributed by atoms with Gasteiger partial charge in [0.1, 0.15) is 5.82 Å². The predicted molar refractivity (Wildman–Crippen MR) is 86.3 cm³/mol. The summed E-state index contributed by atoms with van der Waals surface area (Å²) in [5.74, 6) is 1.56. The van der Waals surface area contributed by atoms with Gasteiger partial charge in [0.15, 0.2) is 0 Å². The van der Waals surface area contributed by atoms with Gasteiger partial charge in [0.05, 0.1) is 10.7 Å². The molecule has 0 aliphatic heterocycles. The number of rotatable bonds is 6. The molecule has 20 heavy (non-hydrogen) atoms. The van der Waals surface area contributed by atoms with Gasteiger partial charge in [0, 0.05) is 26.2 Å². The molecule has 0 amide bonds. The standard InChI is InChI=1S/C16H26ClN3/c1-12(2)10-20(13-6-4-5-7-13)11-15-14(17)8-9-16(18-3)19-15/h8-9,12-13H,4-7,10-11H2,1-3H3,(H,18,19). The van der Waals surface area contributed by atoms with E-state index >= 15 is 0 Å². The zero-order valence-corrected chi connectivity index (χ0v) is 13.6. The van der Waals surface area contributed by atoms with Gasteiger partial charge in [-0.2, -0.15) is 0 Å². The smallest absolute Gasteiger partial charge is 0.126 e. The highest BCUT2D eigenvalue weighted by molar-refractivity contribution is 6.31. The molecule has 1 fully saturated rings. The largest absolute Gasteiger partial charge is 0.373 e. The summed E-state index contributed by atoms with van der Waals surface area (Å²) in [6.07, 6.45) is 5.35. The molecule has 112 valence electrons. The van der Waals surface area contributed by atoms with Crippen molar-refractivity contribution in [1.82, 2.24) is 9.88 Å². The van der Waals surface area contributed by atoms with Crippen molar-refractivity contribution in [2.75, 3.05) is 18.9 Å². The van der Waals surface area contributed by atoms with E-state index in [9.17, 15) is 0 Å². The number of halogens is 1. The number of hydrogen-bond donors (Lipinski definition) is 1. The molecule has 0 spiro atoms. The Bertz CT molecular complexity index is 428. The van der Waals surface area contributed by atoms with Crippen LogP contribution in [0.1, 0.15) is 45.2 Å². The second-order valence-corrected chi connectivity index (χ2v) is 6.54. The minimum Gasteiger partial charge on any atom is -0.373 e. The van der Waals surface area contributed by atoms with Gasteiger partial charge < -0.3 is 5.32 Å². The molecule has 1 aromatic heterocycles. The lowest BCUT2D eigenvalue weighted by atomic mass is 10.1. The molecule has 0 radical (unpaired) electrons. The van der Waals surface area contributed by atoms with Gasteiger partial charge in [0.2, 0.25) is 0 Å². The number of nitrogens with one attached hydrogen (secondary N) is 1. The van der Waals surface area contributed by atoms with Crippen LogP contribution in [-0.2, 0) is 6.54 Å². The number of nitrogens with zero attached hydrogens (tertiary/aromatic N) is 2. The molecule has 4 heteroatoms. The van der Waals surface area contributed by atoms with Gasteiger partial charge in [-0.1, -0.05) is 38.3 Å². The SMILES string of the molecule is CNc1ccc(Cl)c(CN(CC(C)C)C2CCCC2)n1. The van der Waals surface area contributed by atoms with Crippen LogP contribution in [0.3, 0.4) is 0 Å².